The predicted octanol–water partition coefficient (Wildman–Crippen LogP) is 4.47. The molecule has 2 aromatic heterocycles. The summed E-state index contributed by atoms with van der Waals surface area (Å²) in [6, 6.07) is 6.31. The zero-order valence-electron chi connectivity index (χ0n) is 20.2. The van der Waals surface area contributed by atoms with Gasteiger partial charge in [0.15, 0.2) is 5.65 Å². The first kappa shape index (κ1) is 23.1. The molecule has 1 aromatic carbocycles. The van der Waals surface area contributed by atoms with Crippen molar-refractivity contribution in [2.24, 2.45) is 5.92 Å². The summed E-state index contributed by atoms with van der Waals surface area (Å²) in [6.45, 7) is 12.9. The lowest BCUT2D eigenvalue weighted by atomic mass is 10.1. The number of nitrogens with zero attached hydrogens (tertiary/aromatic N) is 6. The lowest BCUT2D eigenvalue weighted by Crippen LogP contribution is -2.50. The van der Waals surface area contributed by atoms with Crippen molar-refractivity contribution in [2.45, 2.75) is 53.4 Å². The van der Waals surface area contributed by atoms with Gasteiger partial charge in [0.25, 0.3) is 0 Å². The molecule has 3 heterocycles. The van der Waals surface area contributed by atoms with Crippen LogP contribution in [0.4, 0.5) is 10.2 Å². The summed E-state index contributed by atoms with van der Waals surface area (Å²) >= 11 is 0. The van der Waals surface area contributed by atoms with Crippen LogP contribution in [-0.2, 0) is 4.79 Å². The zero-order chi connectivity index (χ0) is 23.7. The summed E-state index contributed by atoms with van der Waals surface area (Å²) in [5.41, 5.74) is 2.34. The first-order chi connectivity index (χ1) is 15.8. The SMILES string of the molecule is CCC[C@@H](C)c1nc(N2CCN(C(=O)C(C)C)CC2)c2c(C)nn(-c3ccc(F)cc3)c2n1. The molecule has 33 heavy (non-hydrogen) atoms. The van der Waals surface area contributed by atoms with Crippen molar-refractivity contribution in [2.75, 3.05) is 31.1 Å². The maximum atomic E-state index is 13.5. The van der Waals surface area contributed by atoms with E-state index in [0.29, 0.717) is 26.2 Å². The van der Waals surface area contributed by atoms with Crippen molar-refractivity contribution in [3.63, 3.8) is 0 Å². The molecule has 0 radical (unpaired) electrons. The van der Waals surface area contributed by atoms with Crippen LogP contribution in [-0.4, -0.2) is 56.7 Å². The van der Waals surface area contributed by atoms with Crippen molar-refractivity contribution < 1.29 is 9.18 Å². The van der Waals surface area contributed by atoms with Crippen LogP contribution in [0.1, 0.15) is 58.0 Å². The Kier molecular flexibility index (Phi) is 6.63. The van der Waals surface area contributed by atoms with Crippen LogP contribution in [0, 0.1) is 18.7 Å². The van der Waals surface area contributed by atoms with E-state index < -0.39 is 0 Å². The van der Waals surface area contributed by atoms with E-state index in [9.17, 15) is 9.18 Å². The number of benzene rings is 1. The standard InChI is InChI=1S/C25H33FN6O/c1-6-7-17(4)22-27-23(30-12-14-31(15-13-30)25(33)16(2)3)21-18(5)29-32(24(21)28-22)20-10-8-19(26)9-11-20/h8-11,16-17H,6-7,12-15H2,1-5H3/t17-/m1/s1. The Morgan fingerprint density at radius 1 is 1.06 bits per heavy atom. The third-order valence-corrected chi connectivity index (χ3v) is 6.32. The van der Waals surface area contributed by atoms with Gasteiger partial charge in [-0.1, -0.05) is 34.1 Å². The first-order valence-electron chi connectivity index (χ1n) is 11.9. The monoisotopic (exact) mass is 452 g/mol. The van der Waals surface area contributed by atoms with Gasteiger partial charge in [-0.3, -0.25) is 4.79 Å². The fourth-order valence-electron chi connectivity index (χ4n) is 4.46. The van der Waals surface area contributed by atoms with E-state index in [1.54, 1.807) is 16.8 Å². The van der Waals surface area contributed by atoms with Gasteiger partial charge in [0, 0.05) is 38.0 Å². The van der Waals surface area contributed by atoms with Crippen LogP contribution in [0.5, 0.6) is 0 Å². The molecule has 4 rings (SSSR count). The number of fused-ring (bicyclic) bond motifs is 1. The molecule has 1 fully saturated rings. The van der Waals surface area contributed by atoms with Crippen LogP contribution in [0.25, 0.3) is 16.7 Å². The number of aromatic nitrogens is 4. The average Bonchev–Trinajstić information content (AvgIpc) is 3.15. The maximum Gasteiger partial charge on any atom is 0.225 e. The van der Waals surface area contributed by atoms with E-state index in [1.807, 2.05) is 25.7 Å². The number of anilines is 1. The first-order valence-corrected chi connectivity index (χ1v) is 11.9. The van der Waals surface area contributed by atoms with E-state index in [1.165, 1.54) is 12.1 Å². The molecule has 1 aliphatic rings. The second-order valence-corrected chi connectivity index (χ2v) is 9.23. The lowest BCUT2D eigenvalue weighted by Gasteiger charge is -2.36. The summed E-state index contributed by atoms with van der Waals surface area (Å²) in [5, 5.41) is 5.67. The van der Waals surface area contributed by atoms with E-state index in [2.05, 4.69) is 18.7 Å². The molecule has 1 saturated heterocycles. The van der Waals surface area contributed by atoms with Gasteiger partial charge in [0.1, 0.15) is 17.5 Å². The molecule has 0 saturated carbocycles. The molecule has 0 bridgehead atoms. The van der Waals surface area contributed by atoms with Crippen molar-refractivity contribution in [3.05, 3.63) is 41.6 Å². The van der Waals surface area contributed by atoms with Gasteiger partial charge in [-0.15, -0.1) is 0 Å². The fraction of sp³-hybridized carbons (Fsp3) is 0.520. The van der Waals surface area contributed by atoms with Gasteiger partial charge in [0.05, 0.1) is 16.8 Å². The molecule has 8 heteroatoms. The molecule has 1 aliphatic heterocycles. The Morgan fingerprint density at radius 3 is 2.33 bits per heavy atom. The Balaban J connectivity index is 1.78. The maximum absolute atomic E-state index is 13.5. The van der Waals surface area contributed by atoms with E-state index in [0.717, 1.165) is 46.9 Å². The minimum absolute atomic E-state index is 0.0000105. The highest BCUT2D eigenvalue weighted by Crippen LogP contribution is 2.32. The predicted molar refractivity (Wildman–Crippen MR) is 128 cm³/mol. The summed E-state index contributed by atoms with van der Waals surface area (Å²) in [6.07, 6.45) is 2.04. The second-order valence-electron chi connectivity index (χ2n) is 9.23. The van der Waals surface area contributed by atoms with Gasteiger partial charge >= 0.3 is 0 Å². The van der Waals surface area contributed by atoms with Gasteiger partial charge in [0.2, 0.25) is 5.91 Å². The third-order valence-electron chi connectivity index (χ3n) is 6.32. The van der Waals surface area contributed by atoms with E-state index >= 15 is 0 Å². The number of carbonyl (C=O) groups excluding carboxylic acids is 1. The van der Waals surface area contributed by atoms with Crippen molar-refractivity contribution in [3.8, 4) is 5.69 Å². The molecule has 176 valence electrons. The number of piperazine rings is 1. The zero-order valence-corrected chi connectivity index (χ0v) is 20.2. The Hall–Kier alpha value is -3.03. The number of halogens is 1. The molecule has 1 atom stereocenters. The van der Waals surface area contributed by atoms with Crippen LogP contribution >= 0.6 is 0 Å². The van der Waals surface area contributed by atoms with Crippen molar-refractivity contribution >= 4 is 22.8 Å². The topological polar surface area (TPSA) is 67.2 Å². The minimum Gasteiger partial charge on any atom is -0.352 e. The average molecular weight is 453 g/mol. The number of hydrogen-bond acceptors (Lipinski definition) is 5. The molecule has 3 aromatic rings. The molecular weight excluding hydrogens is 419 g/mol. The second kappa shape index (κ2) is 9.45. The summed E-state index contributed by atoms with van der Waals surface area (Å²) in [4.78, 5) is 26.6. The van der Waals surface area contributed by atoms with Crippen LogP contribution < -0.4 is 4.90 Å². The highest BCUT2D eigenvalue weighted by Gasteiger charge is 2.27. The molecule has 0 aliphatic carbocycles. The van der Waals surface area contributed by atoms with Gasteiger partial charge in [-0.2, -0.15) is 5.10 Å². The van der Waals surface area contributed by atoms with Crippen LogP contribution in [0.15, 0.2) is 24.3 Å². The number of aryl methyl sites for hydroxylation is 1. The minimum atomic E-state index is -0.284. The van der Waals surface area contributed by atoms with Gasteiger partial charge in [-0.25, -0.2) is 19.0 Å². The summed E-state index contributed by atoms with van der Waals surface area (Å²) in [7, 11) is 0. The highest BCUT2D eigenvalue weighted by atomic mass is 19.1. The smallest absolute Gasteiger partial charge is 0.225 e. The quantitative estimate of drug-likeness (QED) is 0.552. The van der Waals surface area contributed by atoms with Gasteiger partial charge in [-0.05, 0) is 37.6 Å². The van der Waals surface area contributed by atoms with Crippen LogP contribution in [0.3, 0.4) is 0 Å². The lowest BCUT2D eigenvalue weighted by molar-refractivity contribution is -0.134. The Labute approximate surface area is 194 Å². The number of carbonyl (C=O) groups is 1. The number of amides is 1. The van der Waals surface area contributed by atoms with Crippen molar-refractivity contribution in [1.82, 2.24) is 24.6 Å². The summed E-state index contributed by atoms with van der Waals surface area (Å²) in [5.74, 6) is 1.79. The number of rotatable bonds is 6. The molecule has 0 spiro atoms. The third kappa shape index (κ3) is 4.56. The van der Waals surface area contributed by atoms with E-state index in [-0.39, 0.29) is 23.6 Å². The number of hydrogen-bond donors (Lipinski definition) is 0. The molecule has 0 N–H and O–H groups in total. The van der Waals surface area contributed by atoms with Gasteiger partial charge < -0.3 is 9.80 Å². The van der Waals surface area contributed by atoms with Crippen molar-refractivity contribution in [1.29, 1.82) is 0 Å². The normalized spacial score (nSPS) is 15.5. The molecule has 7 nitrogen and oxygen atoms in total. The molecular formula is C25H33FN6O. The Morgan fingerprint density at radius 2 is 1.73 bits per heavy atom. The van der Waals surface area contributed by atoms with Crippen LogP contribution in [0.2, 0.25) is 0 Å². The molecule has 1 amide bonds. The Bertz CT molecular complexity index is 1130. The summed E-state index contributed by atoms with van der Waals surface area (Å²) < 4.78 is 15.3. The largest absolute Gasteiger partial charge is 0.352 e. The van der Waals surface area contributed by atoms with E-state index in [4.69, 9.17) is 15.1 Å². The fourth-order valence-corrected chi connectivity index (χ4v) is 4.46. The molecule has 0 unspecified atom stereocenters. The highest BCUT2D eigenvalue weighted by molar-refractivity contribution is 5.91.